The first-order valence-electron chi connectivity index (χ1n) is 15.9. The average Bonchev–Trinajstić information content (AvgIpc) is 3.01. The molecule has 0 atom stereocenters. The minimum absolute atomic E-state index is 0.116. The molecule has 0 heterocycles. The minimum Gasteiger partial charge on any atom is -0.497 e. The molecule has 0 radical (unpaired) electrons. The number of carbonyl (C=O) groups is 2. The van der Waals surface area contributed by atoms with Gasteiger partial charge in [0.2, 0.25) is 0 Å². The molecule has 0 amide bonds. The van der Waals surface area contributed by atoms with Crippen molar-refractivity contribution in [3.8, 4) is 11.5 Å². The summed E-state index contributed by atoms with van der Waals surface area (Å²) in [7, 11) is 1.60. The highest BCUT2D eigenvalue weighted by Crippen LogP contribution is 2.28. The first-order chi connectivity index (χ1) is 20.6. The van der Waals surface area contributed by atoms with Gasteiger partial charge < -0.3 is 20.1 Å². The monoisotopic (exact) mass is 576 g/mol. The number of benzene rings is 2. The van der Waals surface area contributed by atoms with Crippen molar-refractivity contribution in [1.29, 1.82) is 0 Å². The predicted molar refractivity (Wildman–Crippen MR) is 176 cm³/mol. The lowest BCUT2D eigenvalue weighted by molar-refractivity contribution is -0.114. The van der Waals surface area contributed by atoms with Crippen LogP contribution < -0.4 is 20.1 Å². The van der Waals surface area contributed by atoms with E-state index in [1.807, 2.05) is 18.2 Å². The quantitative estimate of drug-likeness (QED) is 0.0736. The van der Waals surface area contributed by atoms with Crippen LogP contribution in [0.5, 0.6) is 11.5 Å². The van der Waals surface area contributed by atoms with Crippen molar-refractivity contribution in [3.63, 3.8) is 0 Å². The van der Waals surface area contributed by atoms with Gasteiger partial charge in [0.05, 0.1) is 25.1 Å². The second kappa shape index (κ2) is 22.1. The van der Waals surface area contributed by atoms with Crippen LogP contribution in [0.15, 0.2) is 67.0 Å². The van der Waals surface area contributed by atoms with Crippen LogP contribution in [0.2, 0.25) is 0 Å². The highest BCUT2D eigenvalue weighted by Gasteiger charge is 2.06. The average molecular weight is 577 g/mol. The number of hydrogen-bond acceptors (Lipinski definition) is 6. The third kappa shape index (κ3) is 14.9. The fourth-order valence-electron chi connectivity index (χ4n) is 4.55. The Morgan fingerprint density at radius 3 is 1.90 bits per heavy atom. The van der Waals surface area contributed by atoms with Gasteiger partial charge in [-0.05, 0) is 55.3 Å². The van der Waals surface area contributed by atoms with E-state index in [1.54, 1.807) is 49.9 Å². The van der Waals surface area contributed by atoms with Gasteiger partial charge >= 0.3 is 0 Å². The number of unbranched alkanes of at least 4 members (excludes halogenated alkanes) is 11. The summed E-state index contributed by atoms with van der Waals surface area (Å²) in [6.45, 7) is 5.12. The topological polar surface area (TPSA) is 76.7 Å². The summed E-state index contributed by atoms with van der Waals surface area (Å²) in [5, 5.41) is 6.44. The van der Waals surface area contributed by atoms with Crippen LogP contribution in [0.25, 0.3) is 0 Å². The van der Waals surface area contributed by atoms with Crippen molar-refractivity contribution in [2.75, 3.05) is 24.4 Å². The van der Waals surface area contributed by atoms with E-state index in [0.29, 0.717) is 24.3 Å². The van der Waals surface area contributed by atoms with Crippen LogP contribution in [0, 0.1) is 0 Å². The number of carbonyl (C=O) groups excluding carboxylic acids is 2. The van der Waals surface area contributed by atoms with E-state index in [2.05, 4.69) is 24.5 Å². The van der Waals surface area contributed by atoms with Crippen LogP contribution in [0.3, 0.4) is 0 Å². The molecule has 0 unspecified atom stereocenters. The van der Waals surface area contributed by atoms with E-state index in [4.69, 9.17) is 9.47 Å². The van der Waals surface area contributed by atoms with Crippen molar-refractivity contribution < 1.29 is 19.1 Å². The maximum absolute atomic E-state index is 12.6. The molecule has 6 heteroatoms. The highest BCUT2D eigenvalue weighted by atomic mass is 16.5. The summed E-state index contributed by atoms with van der Waals surface area (Å²) in [6, 6.07) is 12.8. The van der Waals surface area contributed by atoms with Gasteiger partial charge in [-0.15, -0.1) is 0 Å². The largest absolute Gasteiger partial charge is 0.497 e. The number of methoxy groups -OCH3 is 1. The molecule has 2 rings (SSSR count). The molecular formula is C36H52N2O4. The Hall–Kier alpha value is -3.54. The van der Waals surface area contributed by atoms with Crippen LogP contribution in [0.1, 0.15) is 114 Å². The van der Waals surface area contributed by atoms with Crippen molar-refractivity contribution in [2.45, 2.75) is 104 Å². The molecule has 0 spiro atoms. The number of anilines is 2. The van der Waals surface area contributed by atoms with Crippen molar-refractivity contribution in [3.05, 3.63) is 72.6 Å². The number of ether oxygens (including phenoxy) is 2. The Kier molecular flexibility index (Phi) is 18.2. The van der Waals surface area contributed by atoms with Crippen LogP contribution >= 0.6 is 0 Å². The van der Waals surface area contributed by atoms with E-state index >= 15 is 0 Å². The van der Waals surface area contributed by atoms with Gasteiger partial charge in [-0.3, -0.25) is 9.59 Å². The Morgan fingerprint density at radius 1 is 0.667 bits per heavy atom. The van der Waals surface area contributed by atoms with Gasteiger partial charge in [0.1, 0.15) is 11.5 Å². The van der Waals surface area contributed by atoms with Crippen molar-refractivity contribution in [1.82, 2.24) is 0 Å². The molecule has 2 aromatic carbocycles. The zero-order valence-corrected chi connectivity index (χ0v) is 26.1. The zero-order chi connectivity index (χ0) is 30.3. The van der Waals surface area contributed by atoms with Gasteiger partial charge in [-0.2, -0.15) is 0 Å². The fourth-order valence-corrected chi connectivity index (χ4v) is 4.55. The van der Waals surface area contributed by atoms with Crippen molar-refractivity contribution in [2.24, 2.45) is 0 Å². The standard InChI is InChI=1S/C36H52N2O4/c1-4-6-8-10-12-13-15-17-31(39)24-26-38-35-29-33(42-28-16-14-11-9-7-5-2)22-23-34(35)37-27-25-36(40)30-18-20-32(41-3)21-19-30/h18-27,29,37-38H,4-17,28H2,1-3H3/b26-24+,27-25+. The van der Waals surface area contributed by atoms with Gasteiger partial charge in [0.25, 0.3) is 0 Å². The second-order valence-corrected chi connectivity index (χ2v) is 10.7. The molecular weight excluding hydrogens is 524 g/mol. The van der Waals surface area contributed by atoms with Gasteiger partial charge in [0.15, 0.2) is 11.6 Å². The van der Waals surface area contributed by atoms with Crippen LogP contribution in [0.4, 0.5) is 11.4 Å². The summed E-state index contributed by atoms with van der Waals surface area (Å²) in [5.41, 5.74) is 2.11. The fraction of sp³-hybridized carbons (Fsp3) is 0.500. The summed E-state index contributed by atoms with van der Waals surface area (Å²) in [4.78, 5) is 25.0. The normalized spacial score (nSPS) is 11.2. The molecule has 42 heavy (non-hydrogen) atoms. The summed E-state index contributed by atoms with van der Waals surface area (Å²) < 4.78 is 11.2. The molecule has 0 bridgehead atoms. The molecule has 230 valence electrons. The predicted octanol–water partition coefficient (Wildman–Crippen LogP) is 9.88. The van der Waals surface area contributed by atoms with Crippen molar-refractivity contribution >= 4 is 22.9 Å². The van der Waals surface area contributed by atoms with E-state index in [-0.39, 0.29) is 11.6 Å². The number of nitrogens with one attached hydrogen (secondary N) is 2. The maximum atomic E-state index is 12.6. The van der Waals surface area contributed by atoms with Crippen LogP contribution in [-0.4, -0.2) is 25.3 Å². The molecule has 2 aromatic rings. The third-order valence-electron chi connectivity index (χ3n) is 7.14. The van der Waals surface area contributed by atoms with E-state index < -0.39 is 0 Å². The van der Waals surface area contributed by atoms with Gasteiger partial charge in [-0.1, -0.05) is 84.5 Å². The molecule has 0 aliphatic carbocycles. The lowest BCUT2D eigenvalue weighted by atomic mass is 10.1. The Labute approximate surface area is 254 Å². The van der Waals surface area contributed by atoms with Crippen LogP contribution in [-0.2, 0) is 4.79 Å². The number of allylic oxidation sites excluding steroid dienone is 2. The molecule has 0 aliphatic heterocycles. The first kappa shape index (κ1) is 34.7. The summed E-state index contributed by atoms with van der Waals surface area (Å²) >= 11 is 0. The SMILES string of the molecule is CCCCCCCCCC(=O)/C=C/Nc1cc(OCCCCCCCC)ccc1N/C=C/C(=O)c1ccc(OC)cc1. The summed E-state index contributed by atoms with van der Waals surface area (Å²) in [5.74, 6) is 1.47. The molecule has 0 saturated carbocycles. The Balaban J connectivity index is 1.95. The van der Waals surface area contributed by atoms with Gasteiger partial charge in [0, 0.05) is 36.5 Å². The van der Waals surface area contributed by atoms with E-state index in [1.165, 1.54) is 70.3 Å². The number of ketones is 2. The smallest absolute Gasteiger partial charge is 0.187 e. The summed E-state index contributed by atoms with van der Waals surface area (Å²) in [6.07, 6.45) is 22.5. The second-order valence-electron chi connectivity index (χ2n) is 10.7. The molecule has 6 nitrogen and oxygen atoms in total. The Bertz CT molecular complexity index is 1090. The lowest BCUT2D eigenvalue weighted by Crippen LogP contribution is -2.02. The lowest BCUT2D eigenvalue weighted by Gasteiger charge is -2.13. The van der Waals surface area contributed by atoms with E-state index in [0.717, 1.165) is 36.4 Å². The number of hydrogen-bond donors (Lipinski definition) is 2. The molecule has 2 N–H and O–H groups in total. The molecule has 0 aromatic heterocycles. The molecule has 0 aliphatic rings. The third-order valence-corrected chi connectivity index (χ3v) is 7.14. The van der Waals surface area contributed by atoms with Gasteiger partial charge in [-0.25, -0.2) is 0 Å². The minimum atomic E-state index is -0.116. The Morgan fingerprint density at radius 2 is 1.24 bits per heavy atom. The number of rotatable bonds is 24. The molecule has 0 fully saturated rings. The maximum Gasteiger partial charge on any atom is 0.187 e. The first-order valence-corrected chi connectivity index (χ1v) is 15.9. The zero-order valence-electron chi connectivity index (χ0n) is 26.1. The highest BCUT2D eigenvalue weighted by molar-refractivity contribution is 6.04. The van der Waals surface area contributed by atoms with E-state index in [9.17, 15) is 9.59 Å². The molecule has 0 saturated heterocycles.